The Bertz CT molecular complexity index is 1010. The lowest BCUT2D eigenvalue weighted by Gasteiger charge is -2.33. The summed E-state index contributed by atoms with van der Waals surface area (Å²) < 4.78 is 11.1. The minimum Gasteiger partial charge on any atom is -0.472 e. The Morgan fingerprint density at radius 1 is 1.28 bits per heavy atom. The Labute approximate surface area is 143 Å². The van der Waals surface area contributed by atoms with Gasteiger partial charge in [-0.3, -0.25) is 4.79 Å². The second kappa shape index (κ2) is 5.37. The molecule has 0 saturated carbocycles. The van der Waals surface area contributed by atoms with Gasteiger partial charge in [0.05, 0.1) is 23.8 Å². The number of furan rings is 2. The van der Waals surface area contributed by atoms with Gasteiger partial charge in [0.1, 0.15) is 23.6 Å². The van der Waals surface area contributed by atoms with Crippen LogP contribution in [-0.2, 0) is 6.42 Å². The summed E-state index contributed by atoms with van der Waals surface area (Å²) >= 11 is 0. The predicted molar refractivity (Wildman–Crippen MR) is 90.1 cm³/mol. The lowest BCUT2D eigenvalue weighted by molar-refractivity contribution is 0.0672. The number of hydrogen-bond acceptors (Lipinski definition) is 4. The molecule has 1 amide bonds. The van der Waals surface area contributed by atoms with Crippen molar-refractivity contribution in [3.63, 3.8) is 0 Å². The van der Waals surface area contributed by atoms with E-state index in [-0.39, 0.29) is 11.9 Å². The zero-order chi connectivity index (χ0) is 16.8. The predicted octanol–water partition coefficient (Wildman–Crippen LogP) is 3.54. The van der Waals surface area contributed by atoms with E-state index >= 15 is 0 Å². The Morgan fingerprint density at radius 2 is 2.20 bits per heavy atom. The number of H-pyrrole nitrogens is 1. The smallest absolute Gasteiger partial charge is 0.258 e. The summed E-state index contributed by atoms with van der Waals surface area (Å²) in [5.74, 6) is 0.624. The van der Waals surface area contributed by atoms with Crippen molar-refractivity contribution in [2.75, 3.05) is 6.54 Å². The number of nitrogens with one attached hydrogen (secondary N) is 1. The molecule has 0 aliphatic carbocycles. The van der Waals surface area contributed by atoms with Crippen LogP contribution in [0.3, 0.4) is 0 Å². The maximum absolute atomic E-state index is 13.0. The standard InChI is InChI=1S/C19H15N3O3/c23-19(13-6-8-24-10-13)22-7-5-14-17(21-11-20-14)18(22)16-9-12-3-1-2-4-15(12)25-16/h1-4,6,8-11,18H,5,7H2,(H,20,21)/t18-/m0/s1. The number of rotatable bonds is 2. The Hall–Kier alpha value is -3.28. The zero-order valence-electron chi connectivity index (χ0n) is 13.3. The van der Waals surface area contributed by atoms with Crippen LogP contribution >= 0.6 is 0 Å². The lowest BCUT2D eigenvalue weighted by Crippen LogP contribution is -2.40. The van der Waals surface area contributed by atoms with E-state index in [0.717, 1.165) is 28.8 Å². The third kappa shape index (κ3) is 2.18. The van der Waals surface area contributed by atoms with Crippen LogP contribution in [-0.4, -0.2) is 27.3 Å². The average molecular weight is 333 g/mol. The molecule has 6 nitrogen and oxygen atoms in total. The number of carbonyl (C=O) groups excluding carboxylic acids is 1. The van der Waals surface area contributed by atoms with Crippen LogP contribution < -0.4 is 0 Å². The fourth-order valence-corrected chi connectivity index (χ4v) is 3.47. The topological polar surface area (TPSA) is 75.3 Å². The highest BCUT2D eigenvalue weighted by molar-refractivity contribution is 5.94. The van der Waals surface area contributed by atoms with Gasteiger partial charge < -0.3 is 18.7 Å². The first kappa shape index (κ1) is 14.1. The third-order valence-corrected chi connectivity index (χ3v) is 4.67. The normalized spacial score (nSPS) is 17.0. The molecule has 0 fully saturated rings. The van der Waals surface area contributed by atoms with Crippen molar-refractivity contribution in [2.45, 2.75) is 12.5 Å². The number of aromatic nitrogens is 2. The molecule has 1 aliphatic rings. The fourth-order valence-electron chi connectivity index (χ4n) is 3.47. The van der Waals surface area contributed by atoms with Gasteiger partial charge in [0, 0.05) is 24.0 Å². The number of hydrogen-bond donors (Lipinski definition) is 1. The van der Waals surface area contributed by atoms with Gasteiger partial charge in [0.25, 0.3) is 5.91 Å². The molecule has 4 aromatic rings. The van der Waals surface area contributed by atoms with Crippen LogP contribution in [0, 0.1) is 0 Å². The minimum atomic E-state index is -0.357. The van der Waals surface area contributed by atoms with Crippen molar-refractivity contribution < 1.29 is 13.6 Å². The van der Waals surface area contributed by atoms with Crippen molar-refractivity contribution in [3.8, 4) is 0 Å². The maximum atomic E-state index is 13.0. The molecule has 0 spiro atoms. The van der Waals surface area contributed by atoms with Gasteiger partial charge in [0.2, 0.25) is 0 Å². The molecule has 0 saturated heterocycles. The molecular weight excluding hydrogens is 318 g/mol. The molecule has 124 valence electrons. The van der Waals surface area contributed by atoms with Crippen LogP contribution in [0.1, 0.15) is 33.5 Å². The highest BCUT2D eigenvalue weighted by Gasteiger charge is 2.36. The first-order valence-electron chi connectivity index (χ1n) is 8.15. The largest absolute Gasteiger partial charge is 0.472 e. The molecule has 0 unspecified atom stereocenters. The van der Waals surface area contributed by atoms with E-state index in [1.54, 1.807) is 17.3 Å². The van der Waals surface area contributed by atoms with Gasteiger partial charge in [-0.05, 0) is 18.2 Å². The molecule has 4 heterocycles. The maximum Gasteiger partial charge on any atom is 0.258 e. The van der Waals surface area contributed by atoms with Gasteiger partial charge in [-0.25, -0.2) is 4.98 Å². The van der Waals surface area contributed by atoms with E-state index in [2.05, 4.69) is 9.97 Å². The number of fused-ring (bicyclic) bond motifs is 2. The van der Waals surface area contributed by atoms with Crippen LogP contribution in [0.5, 0.6) is 0 Å². The van der Waals surface area contributed by atoms with Gasteiger partial charge >= 0.3 is 0 Å². The molecule has 25 heavy (non-hydrogen) atoms. The summed E-state index contributed by atoms with van der Waals surface area (Å²) in [7, 11) is 0. The SMILES string of the molecule is O=C(c1ccoc1)N1CCc2[nH]cnc2[C@@H]1c1cc2ccccc2o1. The molecule has 1 N–H and O–H groups in total. The Morgan fingerprint density at radius 3 is 3.04 bits per heavy atom. The Kier molecular flexibility index (Phi) is 3.03. The van der Waals surface area contributed by atoms with Crippen molar-refractivity contribution in [1.82, 2.24) is 14.9 Å². The van der Waals surface area contributed by atoms with Gasteiger partial charge in [-0.15, -0.1) is 0 Å². The van der Waals surface area contributed by atoms with Crippen LogP contribution in [0.4, 0.5) is 0 Å². The van der Waals surface area contributed by atoms with Crippen molar-refractivity contribution >= 4 is 16.9 Å². The van der Waals surface area contributed by atoms with Gasteiger partial charge in [-0.2, -0.15) is 0 Å². The summed E-state index contributed by atoms with van der Waals surface area (Å²) in [6.07, 6.45) is 5.38. The highest BCUT2D eigenvalue weighted by atomic mass is 16.3. The molecule has 6 heteroatoms. The van der Waals surface area contributed by atoms with Crippen LogP contribution in [0.25, 0.3) is 11.0 Å². The summed E-state index contributed by atoms with van der Waals surface area (Å²) in [5.41, 5.74) is 3.21. The van der Waals surface area contributed by atoms with Gasteiger partial charge in [-0.1, -0.05) is 18.2 Å². The fraction of sp³-hybridized carbons (Fsp3) is 0.158. The number of nitrogens with zero attached hydrogens (tertiary/aromatic N) is 2. The molecule has 1 aliphatic heterocycles. The van der Waals surface area contributed by atoms with Crippen LogP contribution in [0.2, 0.25) is 0 Å². The number of amides is 1. The zero-order valence-corrected chi connectivity index (χ0v) is 13.3. The number of para-hydroxylation sites is 1. The molecular formula is C19H15N3O3. The van der Waals surface area contributed by atoms with E-state index in [0.29, 0.717) is 17.9 Å². The molecule has 5 rings (SSSR count). The quantitative estimate of drug-likeness (QED) is 0.609. The van der Waals surface area contributed by atoms with Crippen molar-refractivity contribution in [3.05, 3.63) is 78.0 Å². The number of benzene rings is 1. The summed E-state index contributed by atoms with van der Waals surface area (Å²) in [4.78, 5) is 22.4. The van der Waals surface area contributed by atoms with Crippen LogP contribution in [0.15, 0.2) is 64.1 Å². The minimum absolute atomic E-state index is 0.0899. The van der Waals surface area contributed by atoms with E-state index in [1.165, 1.54) is 12.5 Å². The van der Waals surface area contributed by atoms with Crippen molar-refractivity contribution in [1.29, 1.82) is 0 Å². The molecule has 1 aromatic carbocycles. The Balaban J connectivity index is 1.64. The number of aromatic amines is 1. The highest BCUT2D eigenvalue weighted by Crippen LogP contribution is 2.37. The van der Waals surface area contributed by atoms with Gasteiger partial charge in [0.15, 0.2) is 0 Å². The number of imidazole rings is 1. The van der Waals surface area contributed by atoms with E-state index in [9.17, 15) is 4.79 Å². The third-order valence-electron chi connectivity index (χ3n) is 4.67. The molecule has 1 atom stereocenters. The van der Waals surface area contributed by atoms with E-state index in [4.69, 9.17) is 8.83 Å². The summed E-state index contributed by atoms with van der Waals surface area (Å²) in [5, 5.41) is 1.01. The summed E-state index contributed by atoms with van der Waals surface area (Å²) in [6, 6.07) is 11.1. The first-order valence-corrected chi connectivity index (χ1v) is 8.15. The first-order chi connectivity index (χ1) is 12.3. The summed E-state index contributed by atoms with van der Waals surface area (Å²) in [6.45, 7) is 0.584. The van der Waals surface area contributed by atoms with E-state index < -0.39 is 0 Å². The second-order valence-electron chi connectivity index (χ2n) is 6.12. The lowest BCUT2D eigenvalue weighted by atomic mass is 9.99. The molecule has 3 aromatic heterocycles. The van der Waals surface area contributed by atoms with Crippen molar-refractivity contribution in [2.24, 2.45) is 0 Å². The second-order valence-corrected chi connectivity index (χ2v) is 6.12. The van der Waals surface area contributed by atoms with E-state index in [1.807, 2.05) is 30.3 Å². The average Bonchev–Trinajstić information content (AvgIpc) is 3.39. The monoisotopic (exact) mass is 333 g/mol. The molecule has 0 radical (unpaired) electrons. The molecule has 0 bridgehead atoms. The number of carbonyl (C=O) groups is 1.